The van der Waals surface area contributed by atoms with E-state index < -0.39 is 17.8 Å². The SMILES string of the molecule is C=CCC(O)CC(C)NC(=O)OC(C)(C)C. The van der Waals surface area contributed by atoms with Crippen LogP contribution in [0.25, 0.3) is 0 Å². The van der Waals surface area contributed by atoms with Gasteiger partial charge in [-0.05, 0) is 40.5 Å². The number of aliphatic hydroxyl groups is 1. The van der Waals surface area contributed by atoms with E-state index in [-0.39, 0.29) is 6.04 Å². The van der Waals surface area contributed by atoms with Gasteiger partial charge in [-0.25, -0.2) is 4.79 Å². The van der Waals surface area contributed by atoms with Crippen LogP contribution in [0.15, 0.2) is 12.7 Å². The van der Waals surface area contributed by atoms with Crippen LogP contribution in [0.4, 0.5) is 4.79 Å². The van der Waals surface area contributed by atoms with Gasteiger partial charge >= 0.3 is 6.09 Å². The van der Waals surface area contributed by atoms with E-state index in [1.165, 1.54) is 0 Å². The number of ether oxygens (including phenoxy) is 1. The average molecular weight is 229 g/mol. The molecule has 2 atom stereocenters. The lowest BCUT2D eigenvalue weighted by molar-refractivity contribution is 0.0491. The summed E-state index contributed by atoms with van der Waals surface area (Å²) < 4.78 is 5.10. The molecule has 2 N–H and O–H groups in total. The summed E-state index contributed by atoms with van der Waals surface area (Å²) in [4.78, 5) is 11.4. The minimum absolute atomic E-state index is 0.121. The van der Waals surface area contributed by atoms with Gasteiger partial charge in [0.1, 0.15) is 5.60 Å². The third-order valence-corrected chi connectivity index (χ3v) is 1.83. The Hall–Kier alpha value is -1.03. The molecule has 0 saturated carbocycles. The van der Waals surface area contributed by atoms with Crippen LogP contribution in [0.5, 0.6) is 0 Å². The van der Waals surface area contributed by atoms with Crippen LogP contribution < -0.4 is 5.32 Å². The number of amides is 1. The Kier molecular flexibility index (Phi) is 6.11. The Bertz CT molecular complexity index is 233. The first-order valence-corrected chi connectivity index (χ1v) is 5.53. The van der Waals surface area contributed by atoms with Crippen LogP contribution in [-0.2, 0) is 4.74 Å². The lowest BCUT2D eigenvalue weighted by Crippen LogP contribution is -2.39. The zero-order valence-electron chi connectivity index (χ0n) is 10.6. The molecule has 4 heteroatoms. The van der Waals surface area contributed by atoms with Gasteiger partial charge < -0.3 is 15.2 Å². The maximum atomic E-state index is 11.4. The molecule has 16 heavy (non-hydrogen) atoms. The van der Waals surface area contributed by atoms with Crippen molar-refractivity contribution in [3.8, 4) is 0 Å². The van der Waals surface area contributed by atoms with Crippen LogP contribution in [0.2, 0.25) is 0 Å². The number of aliphatic hydroxyl groups excluding tert-OH is 1. The predicted octanol–water partition coefficient (Wildman–Crippen LogP) is 2.23. The Labute approximate surface area is 97.7 Å². The maximum absolute atomic E-state index is 11.4. The molecule has 0 aliphatic carbocycles. The number of rotatable bonds is 5. The molecule has 0 bridgehead atoms. The van der Waals surface area contributed by atoms with Crippen molar-refractivity contribution in [3.05, 3.63) is 12.7 Å². The van der Waals surface area contributed by atoms with E-state index in [0.29, 0.717) is 12.8 Å². The van der Waals surface area contributed by atoms with Gasteiger partial charge in [-0.15, -0.1) is 6.58 Å². The van der Waals surface area contributed by atoms with Crippen molar-refractivity contribution in [2.75, 3.05) is 0 Å². The third kappa shape index (κ3) is 8.29. The molecule has 0 aliphatic heterocycles. The van der Waals surface area contributed by atoms with Gasteiger partial charge in [-0.2, -0.15) is 0 Å². The second-order valence-corrected chi connectivity index (χ2v) is 4.96. The lowest BCUT2D eigenvalue weighted by Gasteiger charge is -2.22. The van der Waals surface area contributed by atoms with Crippen LogP contribution in [0.3, 0.4) is 0 Å². The number of carbonyl (C=O) groups excluding carboxylic acids is 1. The smallest absolute Gasteiger partial charge is 0.407 e. The van der Waals surface area contributed by atoms with Gasteiger partial charge in [0.2, 0.25) is 0 Å². The van der Waals surface area contributed by atoms with E-state index in [1.807, 2.05) is 27.7 Å². The molecule has 94 valence electrons. The molecular formula is C12H23NO3. The maximum Gasteiger partial charge on any atom is 0.407 e. The molecular weight excluding hydrogens is 206 g/mol. The molecule has 1 amide bonds. The summed E-state index contributed by atoms with van der Waals surface area (Å²) in [5.74, 6) is 0. The van der Waals surface area contributed by atoms with Crippen molar-refractivity contribution >= 4 is 6.09 Å². The van der Waals surface area contributed by atoms with Crippen LogP contribution in [0.1, 0.15) is 40.5 Å². The molecule has 2 unspecified atom stereocenters. The van der Waals surface area contributed by atoms with Gasteiger partial charge in [0, 0.05) is 6.04 Å². The lowest BCUT2D eigenvalue weighted by atomic mass is 10.1. The first-order valence-electron chi connectivity index (χ1n) is 5.53. The average Bonchev–Trinajstić information content (AvgIpc) is 1.98. The fraction of sp³-hybridized carbons (Fsp3) is 0.750. The van der Waals surface area contributed by atoms with Gasteiger partial charge in [-0.3, -0.25) is 0 Å². The van der Waals surface area contributed by atoms with E-state index in [1.54, 1.807) is 6.08 Å². The number of hydrogen-bond donors (Lipinski definition) is 2. The summed E-state index contributed by atoms with van der Waals surface area (Å²) in [6.07, 6.45) is 1.75. The molecule has 0 aromatic rings. The molecule has 0 saturated heterocycles. The minimum Gasteiger partial charge on any atom is -0.444 e. The highest BCUT2D eigenvalue weighted by Gasteiger charge is 2.18. The molecule has 0 radical (unpaired) electrons. The molecule has 0 aromatic heterocycles. The number of carbonyl (C=O) groups is 1. The molecule has 0 rings (SSSR count). The van der Waals surface area contributed by atoms with Crippen molar-refractivity contribution in [2.45, 2.75) is 58.3 Å². The normalized spacial score (nSPS) is 15.1. The summed E-state index contributed by atoms with van der Waals surface area (Å²) in [5.41, 5.74) is -0.496. The highest BCUT2D eigenvalue weighted by Crippen LogP contribution is 2.08. The Balaban J connectivity index is 3.91. The van der Waals surface area contributed by atoms with Crippen LogP contribution in [0, 0.1) is 0 Å². The van der Waals surface area contributed by atoms with Crippen molar-refractivity contribution in [1.29, 1.82) is 0 Å². The largest absolute Gasteiger partial charge is 0.444 e. The molecule has 0 heterocycles. The van der Waals surface area contributed by atoms with Crippen molar-refractivity contribution in [2.24, 2.45) is 0 Å². The zero-order chi connectivity index (χ0) is 12.8. The van der Waals surface area contributed by atoms with E-state index in [4.69, 9.17) is 4.74 Å². The second-order valence-electron chi connectivity index (χ2n) is 4.96. The van der Waals surface area contributed by atoms with E-state index >= 15 is 0 Å². The van der Waals surface area contributed by atoms with Gasteiger partial charge in [0.15, 0.2) is 0 Å². The molecule has 0 spiro atoms. The van der Waals surface area contributed by atoms with Crippen molar-refractivity contribution in [3.63, 3.8) is 0 Å². The van der Waals surface area contributed by atoms with Crippen molar-refractivity contribution in [1.82, 2.24) is 5.32 Å². The number of nitrogens with one attached hydrogen (secondary N) is 1. The first kappa shape index (κ1) is 15.0. The zero-order valence-corrected chi connectivity index (χ0v) is 10.6. The van der Waals surface area contributed by atoms with E-state index in [9.17, 15) is 9.90 Å². The molecule has 4 nitrogen and oxygen atoms in total. The third-order valence-electron chi connectivity index (χ3n) is 1.83. The standard InChI is InChI=1S/C12H23NO3/c1-6-7-10(14)8-9(2)13-11(15)16-12(3,4)5/h6,9-10,14H,1,7-8H2,2-5H3,(H,13,15). The summed E-state index contributed by atoms with van der Waals surface area (Å²) in [6, 6.07) is -0.121. The number of alkyl carbamates (subject to hydrolysis) is 1. The monoisotopic (exact) mass is 229 g/mol. The summed E-state index contributed by atoms with van der Waals surface area (Å²) in [5, 5.41) is 12.2. The van der Waals surface area contributed by atoms with Crippen LogP contribution in [-0.4, -0.2) is 28.9 Å². The molecule has 0 aromatic carbocycles. The minimum atomic E-state index is -0.496. The van der Waals surface area contributed by atoms with Gasteiger partial charge in [0.25, 0.3) is 0 Å². The van der Waals surface area contributed by atoms with Crippen LogP contribution >= 0.6 is 0 Å². The van der Waals surface area contributed by atoms with Gasteiger partial charge in [-0.1, -0.05) is 6.08 Å². The highest BCUT2D eigenvalue weighted by atomic mass is 16.6. The number of hydrogen-bond acceptors (Lipinski definition) is 3. The Morgan fingerprint density at radius 3 is 2.56 bits per heavy atom. The van der Waals surface area contributed by atoms with E-state index in [0.717, 1.165) is 0 Å². The Morgan fingerprint density at radius 2 is 2.12 bits per heavy atom. The quantitative estimate of drug-likeness (QED) is 0.711. The molecule has 0 fully saturated rings. The second kappa shape index (κ2) is 6.53. The molecule has 0 aliphatic rings. The van der Waals surface area contributed by atoms with Crippen molar-refractivity contribution < 1.29 is 14.6 Å². The first-order chi connectivity index (χ1) is 7.24. The van der Waals surface area contributed by atoms with Gasteiger partial charge in [0.05, 0.1) is 6.10 Å². The topological polar surface area (TPSA) is 58.6 Å². The fourth-order valence-corrected chi connectivity index (χ4v) is 1.26. The summed E-state index contributed by atoms with van der Waals surface area (Å²) in [7, 11) is 0. The Morgan fingerprint density at radius 1 is 1.56 bits per heavy atom. The predicted molar refractivity (Wildman–Crippen MR) is 64.3 cm³/mol. The fourth-order valence-electron chi connectivity index (χ4n) is 1.26. The van der Waals surface area contributed by atoms with E-state index in [2.05, 4.69) is 11.9 Å². The summed E-state index contributed by atoms with van der Waals surface area (Å²) in [6.45, 7) is 10.8. The highest BCUT2D eigenvalue weighted by molar-refractivity contribution is 5.68. The summed E-state index contributed by atoms with van der Waals surface area (Å²) >= 11 is 0.